The molecule has 2 nitrogen and oxygen atoms in total. The Kier molecular flexibility index (Phi) is 4.24. The molecule has 2 rings (SSSR count). The highest BCUT2D eigenvalue weighted by molar-refractivity contribution is 9.10. The van der Waals surface area contributed by atoms with Crippen LogP contribution in [0.15, 0.2) is 22.7 Å². The molecule has 1 saturated heterocycles. The van der Waals surface area contributed by atoms with Crippen LogP contribution in [0.3, 0.4) is 0 Å². The maximum Gasteiger partial charge on any atom is 0.130 e. The van der Waals surface area contributed by atoms with E-state index >= 15 is 0 Å². The van der Waals surface area contributed by atoms with Crippen molar-refractivity contribution in [3.8, 4) is 5.75 Å². The summed E-state index contributed by atoms with van der Waals surface area (Å²) in [5.74, 6) is 0.340. The number of phenolic OH excluding ortho intramolecular Hbond substituents is 1. The van der Waals surface area contributed by atoms with E-state index in [2.05, 4.69) is 26.9 Å². The van der Waals surface area contributed by atoms with Gasteiger partial charge >= 0.3 is 0 Å². The lowest BCUT2D eigenvalue weighted by molar-refractivity contribution is 0.276. The highest BCUT2D eigenvalue weighted by Crippen LogP contribution is 2.25. The molecule has 1 aliphatic rings. The van der Waals surface area contributed by atoms with Crippen LogP contribution in [0.5, 0.6) is 5.75 Å². The minimum atomic E-state index is 0.340. The zero-order chi connectivity index (χ0) is 11.4. The minimum Gasteiger partial charge on any atom is -0.507 e. The number of halogens is 1. The van der Waals surface area contributed by atoms with Gasteiger partial charge in [-0.1, -0.05) is 18.9 Å². The second-order valence-electron chi connectivity index (χ2n) is 4.48. The van der Waals surface area contributed by atoms with Gasteiger partial charge in [-0.3, -0.25) is 4.90 Å². The van der Waals surface area contributed by atoms with Crippen LogP contribution in [0.1, 0.15) is 31.2 Å². The summed E-state index contributed by atoms with van der Waals surface area (Å²) in [4.78, 5) is 2.48. The van der Waals surface area contributed by atoms with Crippen LogP contribution in [-0.4, -0.2) is 23.1 Å². The van der Waals surface area contributed by atoms with Gasteiger partial charge in [-0.25, -0.2) is 0 Å². The van der Waals surface area contributed by atoms with E-state index in [9.17, 15) is 5.11 Å². The molecule has 1 N–H and O–H groups in total. The molecule has 1 aromatic rings. The number of hydrogen-bond donors (Lipinski definition) is 1. The molecular weight excluding hydrogens is 266 g/mol. The second kappa shape index (κ2) is 5.69. The van der Waals surface area contributed by atoms with E-state index in [1.54, 1.807) is 0 Å². The number of aromatic hydroxyl groups is 1. The van der Waals surface area contributed by atoms with E-state index in [4.69, 9.17) is 0 Å². The summed E-state index contributed by atoms with van der Waals surface area (Å²) in [7, 11) is 0. The van der Waals surface area contributed by atoms with Crippen molar-refractivity contribution >= 4 is 15.9 Å². The van der Waals surface area contributed by atoms with Gasteiger partial charge in [0.05, 0.1) is 4.47 Å². The second-order valence-corrected chi connectivity index (χ2v) is 5.33. The topological polar surface area (TPSA) is 23.5 Å². The fraction of sp³-hybridized carbons (Fsp3) is 0.538. The highest BCUT2D eigenvalue weighted by Gasteiger charge is 2.10. The lowest BCUT2D eigenvalue weighted by Gasteiger charge is -2.19. The molecule has 0 unspecified atom stereocenters. The van der Waals surface area contributed by atoms with Gasteiger partial charge in [-0.2, -0.15) is 0 Å². The van der Waals surface area contributed by atoms with Crippen molar-refractivity contribution in [2.45, 2.75) is 32.2 Å². The summed E-state index contributed by atoms with van der Waals surface area (Å²) in [5.41, 5.74) is 1.20. The lowest BCUT2D eigenvalue weighted by atomic mass is 10.2. The van der Waals surface area contributed by atoms with E-state index in [-0.39, 0.29) is 0 Å². The van der Waals surface area contributed by atoms with Crippen LogP contribution >= 0.6 is 15.9 Å². The van der Waals surface area contributed by atoms with Gasteiger partial charge in [0.15, 0.2) is 0 Å². The zero-order valence-electron chi connectivity index (χ0n) is 9.45. The summed E-state index contributed by atoms with van der Waals surface area (Å²) >= 11 is 3.30. The first kappa shape index (κ1) is 11.9. The Bertz CT molecular complexity index is 346. The maximum atomic E-state index is 9.62. The molecule has 0 aliphatic carbocycles. The minimum absolute atomic E-state index is 0.340. The number of nitrogens with zero attached hydrogens (tertiary/aromatic N) is 1. The van der Waals surface area contributed by atoms with Crippen LogP contribution < -0.4 is 0 Å². The molecule has 1 aliphatic heterocycles. The molecule has 0 saturated carbocycles. The zero-order valence-corrected chi connectivity index (χ0v) is 11.0. The molecule has 88 valence electrons. The predicted molar refractivity (Wildman–Crippen MR) is 69.6 cm³/mol. The molecule has 1 heterocycles. The number of rotatable bonds is 2. The van der Waals surface area contributed by atoms with Gasteiger partial charge < -0.3 is 5.11 Å². The van der Waals surface area contributed by atoms with E-state index in [0.717, 1.165) is 11.0 Å². The standard InChI is InChI=1S/C13H18BrNO/c14-12-6-5-11(9-13(12)16)10-15-7-3-1-2-4-8-15/h5-6,9,16H,1-4,7-8,10H2. The van der Waals surface area contributed by atoms with Crippen LogP contribution in [0.2, 0.25) is 0 Å². The quantitative estimate of drug-likeness (QED) is 0.898. The Hall–Kier alpha value is -0.540. The first-order valence-electron chi connectivity index (χ1n) is 5.95. The van der Waals surface area contributed by atoms with Crippen molar-refractivity contribution in [3.05, 3.63) is 28.2 Å². The van der Waals surface area contributed by atoms with E-state index < -0.39 is 0 Å². The Balaban J connectivity index is 1.99. The third kappa shape index (κ3) is 3.22. The molecule has 0 radical (unpaired) electrons. The van der Waals surface area contributed by atoms with Crippen molar-refractivity contribution in [2.24, 2.45) is 0 Å². The van der Waals surface area contributed by atoms with Crippen molar-refractivity contribution in [2.75, 3.05) is 13.1 Å². The smallest absolute Gasteiger partial charge is 0.130 e. The third-order valence-corrected chi connectivity index (χ3v) is 3.79. The number of hydrogen-bond acceptors (Lipinski definition) is 2. The van der Waals surface area contributed by atoms with Gasteiger partial charge in [0.25, 0.3) is 0 Å². The molecule has 0 bridgehead atoms. The van der Waals surface area contributed by atoms with Gasteiger partial charge in [-0.15, -0.1) is 0 Å². The summed E-state index contributed by atoms with van der Waals surface area (Å²) in [5, 5.41) is 9.62. The fourth-order valence-corrected chi connectivity index (χ4v) is 2.46. The monoisotopic (exact) mass is 283 g/mol. The third-order valence-electron chi connectivity index (χ3n) is 3.12. The van der Waals surface area contributed by atoms with Gasteiger partial charge in [-0.05, 0) is 59.6 Å². The van der Waals surface area contributed by atoms with E-state index in [1.165, 1.54) is 44.3 Å². The Morgan fingerprint density at radius 2 is 1.81 bits per heavy atom. The number of phenols is 1. The summed E-state index contributed by atoms with van der Waals surface area (Å²) in [6.45, 7) is 3.34. The Morgan fingerprint density at radius 1 is 1.12 bits per heavy atom. The molecular formula is C13H18BrNO. The van der Waals surface area contributed by atoms with Crippen LogP contribution in [-0.2, 0) is 6.54 Å². The summed E-state index contributed by atoms with van der Waals surface area (Å²) < 4.78 is 0.770. The average molecular weight is 284 g/mol. The predicted octanol–water partition coefficient (Wildman–Crippen LogP) is 3.53. The highest BCUT2D eigenvalue weighted by atomic mass is 79.9. The average Bonchev–Trinajstić information content (AvgIpc) is 2.52. The van der Waals surface area contributed by atoms with Crippen LogP contribution in [0.4, 0.5) is 0 Å². The fourth-order valence-electron chi connectivity index (χ4n) is 2.21. The molecule has 1 aromatic carbocycles. The van der Waals surface area contributed by atoms with Crippen molar-refractivity contribution in [1.82, 2.24) is 4.90 Å². The Labute approximate surface area is 105 Å². The molecule has 3 heteroatoms. The van der Waals surface area contributed by atoms with Crippen LogP contribution in [0, 0.1) is 0 Å². The SMILES string of the molecule is Oc1cc(CN2CCCCCC2)ccc1Br. The van der Waals surface area contributed by atoms with Crippen molar-refractivity contribution < 1.29 is 5.11 Å². The first-order valence-corrected chi connectivity index (χ1v) is 6.75. The molecule has 0 atom stereocenters. The first-order chi connectivity index (χ1) is 7.75. The van der Waals surface area contributed by atoms with E-state index in [1.807, 2.05) is 12.1 Å². The number of benzene rings is 1. The summed E-state index contributed by atoms with van der Waals surface area (Å²) in [6, 6.07) is 5.85. The molecule has 0 spiro atoms. The lowest BCUT2D eigenvalue weighted by Crippen LogP contribution is -2.23. The molecule has 1 fully saturated rings. The van der Waals surface area contributed by atoms with E-state index in [0.29, 0.717) is 5.75 Å². The number of likely N-dealkylation sites (tertiary alicyclic amines) is 1. The van der Waals surface area contributed by atoms with Gasteiger partial charge in [0.1, 0.15) is 5.75 Å². The maximum absolute atomic E-state index is 9.62. The van der Waals surface area contributed by atoms with Crippen molar-refractivity contribution in [3.63, 3.8) is 0 Å². The van der Waals surface area contributed by atoms with Gasteiger partial charge in [0.2, 0.25) is 0 Å². The van der Waals surface area contributed by atoms with Crippen molar-refractivity contribution in [1.29, 1.82) is 0 Å². The molecule has 0 aromatic heterocycles. The normalized spacial score (nSPS) is 18.3. The van der Waals surface area contributed by atoms with Gasteiger partial charge in [0, 0.05) is 6.54 Å². The molecule has 16 heavy (non-hydrogen) atoms. The summed E-state index contributed by atoms with van der Waals surface area (Å²) in [6.07, 6.45) is 5.34. The van der Waals surface area contributed by atoms with Crippen LogP contribution in [0.25, 0.3) is 0 Å². The Morgan fingerprint density at radius 3 is 2.44 bits per heavy atom. The largest absolute Gasteiger partial charge is 0.507 e. The molecule has 0 amide bonds.